The number of nitrogens with zero attached hydrogens (tertiary/aromatic N) is 1. The number of hydrogen-bond donors (Lipinski definition) is 1. The molecule has 21 heavy (non-hydrogen) atoms. The Morgan fingerprint density at radius 1 is 1.48 bits per heavy atom. The van der Waals surface area contributed by atoms with Crippen LogP contribution in [0, 0.1) is 5.92 Å². The van der Waals surface area contributed by atoms with Gasteiger partial charge in [-0.15, -0.1) is 0 Å². The molecule has 5 heteroatoms. The van der Waals surface area contributed by atoms with Crippen LogP contribution in [0.5, 0.6) is 0 Å². The number of amides is 1. The van der Waals surface area contributed by atoms with E-state index in [4.69, 9.17) is 16.3 Å². The molecule has 1 aliphatic heterocycles. The van der Waals surface area contributed by atoms with E-state index in [2.05, 4.69) is 10.2 Å². The molecule has 1 saturated heterocycles. The summed E-state index contributed by atoms with van der Waals surface area (Å²) in [6.45, 7) is 3.76. The van der Waals surface area contributed by atoms with Crippen molar-refractivity contribution >= 4 is 17.5 Å². The molecule has 1 N–H and O–H groups in total. The van der Waals surface area contributed by atoms with Crippen LogP contribution in [0.3, 0.4) is 0 Å². The summed E-state index contributed by atoms with van der Waals surface area (Å²) in [4.78, 5) is 14.4. The standard InChI is InChI=1S/C16H23ClN2O2/c1-21-10-8-18-16(20)14-6-4-9-19(12-14)11-13-5-2-3-7-15(13)17/h2-3,5,7,14H,4,6,8-12H2,1H3,(H,18,20). The van der Waals surface area contributed by atoms with Crippen LogP contribution in [0.4, 0.5) is 0 Å². The van der Waals surface area contributed by atoms with Crippen molar-refractivity contribution in [2.45, 2.75) is 19.4 Å². The molecule has 0 spiro atoms. The highest BCUT2D eigenvalue weighted by Crippen LogP contribution is 2.22. The first-order valence-corrected chi connectivity index (χ1v) is 7.81. The summed E-state index contributed by atoms with van der Waals surface area (Å²) in [6, 6.07) is 7.90. The molecule has 1 atom stereocenters. The van der Waals surface area contributed by atoms with Gasteiger partial charge in [0, 0.05) is 31.8 Å². The molecule has 1 aromatic rings. The van der Waals surface area contributed by atoms with E-state index in [-0.39, 0.29) is 11.8 Å². The fraction of sp³-hybridized carbons (Fsp3) is 0.562. The second kappa shape index (κ2) is 8.37. The lowest BCUT2D eigenvalue weighted by Gasteiger charge is -2.32. The summed E-state index contributed by atoms with van der Waals surface area (Å²) >= 11 is 6.21. The topological polar surface area (TPSA) is 41.6 Å². The van der Waals surface area contributed by atoms with Crippen LogP contribution in [-0.2, 0) is 16.1 Å². The Morgan fingerprint density at radius 2 is 2.29 bits per heavy atom. The number of methoxy groups -OCH3 is 1. The largest absolute Gasteiger partial charge is 0.383 e. The molecular weight excluding hydrogens is 288 g/mol. The van der Waals surface area contributed by atoms with E-state index in [1.165, 1.54) is 0 Å². The zero-order valence-corrected chi connectivity index (χ0v) is 13.2. The molecule has 0 aliphatic carbocycles. The van der Waals surface area contributed by atoms with Crippen LogP contribution in [0.2, 0.25) is 5.02 Å². The molecule has 0 aromatic heterocycles. The molecule has 1 amide bonds. The maximum absolute atomic E-state index is 12.1. The molecule has 2 rings (SSSR count). The van der Waals surface area contributed by atoms with Gasteiger partial charge in [-0.25, -0.2) is 0 Å². The summed E-state index contributed by atoms with van der Waals surface area (Å²) in [7, 11) is 1.64. The van der Waals surface area contributed by atoms with E-state index >= 15 is 0 Å². The third kappa shape index (κ3) is 4.99. The van der Waals surface area contributed by atoms with Crippen molar-refractivity contribution in [1.29, 1.82) is 0 Å². The van der Waals surface area contributed by atoms with Crippen LogP contribution >= 0.6 is 11.6 Å². The van der Waals surface area contributed by atoms with Crippen molar-refractivity contribution in [3.8, 4) is 0 Å². The van der Waals surface area contributed by atoms with Crippen molar-refractivity contribution < 1.29 is 9.53 Å². The van der Waals surface area contributed by atoms with Crippen molar-refractivity contribution in [3.63, 3.8) is 0 Å². The first kappa shape index (κ1) is 16.3. The monoisotopic (exact) mass is 310 g/mol. The lowest BCUT2D eigenvalue weighted by atomic mass is 9.96. The average Bonchev–Trinajstić information content (AvgIpc) is 2.50. The number of piperidine rings is 1. The van der Waals surface area contributed by atoms with Crippen LogP contribution in [0.25, 0.3) is 0 Å². The number of halogens is 1. The summed E-state index contributed by atoms with van der Waals surface area (Å²) in [5.41, 5.74) is 1.12. The molecule has 0 radical (unpaired) electrons. The van der Waals surface area contributed by atoms with Gasteiger partial charge in [-0.05, 0) is 31.0 Å². The Bertz CT molecular complexity index is 467. The quantitative estimate of drug-likeness (QED) is 0.820. The van der Waals surface area contributed by atoms with E-state index in [9.17, 15) is 4.79 Å². The Hall–Kier alpha value is -1.10. The van der Waals surface area contributed by atoms with Gasteiger partial charge >= 0.3 is 0 Å². The molecule has 4 nitrogen and oxygen atoms in total. The highest BCUT2D eigenvalue weighted by atomic mass is 35.5. The maximum atomic E-state index is 12.1. The minimum atomic E-state index is 0.0677. The van der Waals surface area contributed by atoms with E-state index in [1.807, 2.05) is 24.3 Å². The number of benzene rings is 1. The van der Waals surface area contributed by atoms with Crippen molar-refractivity contribution in [2.75, 3.05) is 33.4 Å². The molecule has 0 saturated carbocycles. The second-order valence-corrected chi connectivity index (χ2v) is 5.86. The van der Waals surface area contributed by atoms with Gasteiger partial charge in [-0.3, -0.25) is 9.69 Å². The van der Waals surface area contributed by atoms with Gasteiger partial charge in [0.25, 0.3) is 0 Å². The second-order valence-electron chi connectivity index (χ2n) is 5.45. The number of nitrogens with one attached hydrogen (secondary N) is 1. The Morgan fingerprint density at radius 3 is 3.05 bits per heavy atom. The van der Waals surface area contributed by atoms with Gasteiger partial charge < -0.3 is 10.1 Å². The van der Waals surface area contributed by atoms with Gasteiger partial charge in [0.05, 0.1) is 12.5 Å². The van der Waals surface area contributed by atoms with Crippen molar-refractivity contribution in [1.82, 2.24) is 10.2 Å². The molecule has 1 unspecified atom stereocenters. The molecule has 1 heterocycles. The van der Waals surface area contributed by atoms with E-state index in [0.29, 0.717) is 13.2 Å². The molecule has 0 bridgehead atoms. The van der Waals surface area contributed by atoms with Crippen molar-refractivity contribution in [3.05, 3.63) is 34.9 Å². The van der Waals surface area contributed by atoms with E-state index in [1.54, 1.807) is 7.11 Å². The van der Waals surface area contributed by atoms with E-state index in [0.717, 1.165) is 43.1 Å². The van der Waals surface area contributed by atoms with Gasteiger partial charge in [0.2, 0.25) is 5.91 Å². The van der Waals surface area contributed by atoms with Crippen molar-refractivity contribution in [2.24, 2.45) is 5.92 Å². The molecule has 116 valence electrons. The summed E-state index contributed by atoms with van der Waals surface area (Å²) in [6.07, 6.45) is 2.00. The predicted octanol–water partition coefficient (Wildman–Crippen LogP) is 2.31. The summed E-state index contributed by atoms with van der Waals surface area (Å²) in [5.74, 6) is 0.203. The third-order valence-corrected chi connectivity index (χ3v) is 4.20. The van der Waals surface area contributed by atoms with Crippen LogP contribution in [0.15, 0.2) is 24.3 Å². The predicted molar refractivity (Wildman–Crippen MR) is 84.3 cm³/mol. The first-order chi connectivity index (χ1) is 10.2. The zero-order valence-electron chi connectivity index (χ0n) is 12.5. The lowest BCUT2D eigenvalue weighted by Crippen LogP contribution is -2.43. The third-order valence-electron chi connectivity index (χ3n) is 3.83. The molecule has 1 aliphatic rings. The number of ether oxygens (including phenoxy) is 1. The zero-order chi connectivity index (χ0) is 15.1. The fourth-order valence-corrected chi connectivity index (χ4v) is 2.90. The van der Waals surface area contributed by atoms with Crippen LogP contribution < -0.4 is 5.32 Å². The SMILES string of the molecule is COCCNC(=O)C1CCCN(Cc2ccccc2Cl)C1. The Kier molecular flexibility index (Phi) is 6.49. The van der Waals surface area contributed by atoms with Gasteiger partial charge in [-0.1, -0.05) is 29.8 Å². The number of carbonyl (C=O) groups is 1. The number of hydrogen-bond acceptors (Lipinski definition) is 3. The number of likely N-dealkylation sites (tertiary alicyclic amines) is 1. The Balaban J connectivity index is 1.86. The summed E-state index contributed by atoms with van der Waals surface area (Å²) in [5, 5.41) is 3.73. The van der Waals surface area contributed by atoms with Gasteiger partial charge in [0.1, 0.15) is 0 Å². The molecular formula is C16H23ClN2O2. The average molecular weight is 311 g/mol. The number of rotatable bonds is 6. The van der Waals surface area contributed by atoms with Crippen LogP contribution in [0.1, 0.15) is 18.4 Å². The first-order valence-electron chi connectivity index (χ1n) is 7.43. The smallest absolute Gasteiger partial charge is 0.224 e. The van der Waals surface area contributed by atoms with E-state index < -0.39 is 0 Å². The van der Waals surface area contributed by atoms with Gasteiger partial charge in [0.15, 0.2) is 0 Å². The Labute approximate surface area is 131 Å². The van der Waals surface area contributed by atoms with Crippen LogP contribution in [-0.4, -0.2) is 44.2 Å². The molecule has 1 fully saturated rings. The maximum Gasteiger partial charge on any atom is 0.224 e. The van der Waals surface area contributed by atoms with Gasteiger partial charge in [-0.2, -0.15) is 0 Å². The summed E-state index contributed by atoms with van der Waals surface area (Å²) < 4.78 is 4.95. The minimum absolute atomic E-state index is 0.0677. The highest BCUT2D eigenvalue weighted by molar-refractivity contribution is 6.31. The minimum Gasteiger partial charge on any atom is -0.383 e. The molecule has 1 aromatic carbocycles. The normalized spacial score (nSPS) is 19.4. The number of carbonyl (C=O) groups excluding carboxylic acids is 1. The highest BCUT2D eigenvalue weighted by Gasteiger charge is 2.25. The lowest BCUT2D eigenvalue weighted by molar-refractivity contribution is -0.127. The fourth-order valence-electron chi connectivity index (χ4n) is 2.70.